The molecule has 0 spiro atoms. The van der Waals surface area contributed by atoms with Gasteiger partial charge in [-0.15, -0.1) is 0 Å². The largest absolute Gasteiger partial charge is 0.495 e. The zero-order chi connectivity index (χ0) is 19.2. The number of hydrogen-bond acceptors (Lipinski definition) is 5. The second kappa shape index (κ2) is 6.70. The van der Waals surface area contributed by atoms with Gasteiger partial charge in [-0.05, 0) is 36.8 Å². The van der Waals surface area contributed by atoms with E-state index in [4.69, 9.17) is 16.3 Å². The van der Waals surface area contributed by atoms with E-state index in [1.54, 1.807) is 0 Å². The maximum absolute atomic E-state index is 12.7. The fourth-order valence-corrected chi connectivity index (χ4v) is 5.17. The summed E-state index contributed by atoms with van der Waals surface area (Å²) in [7, 11) is -2.31. The Morgan fingerprint density at radius 2 is 2.04 bits per heavy atom. The summed E-state index contributed by atoms with van der Waals surface area (Å²) < 4.78 is 33.2. The number of nitrogens with zero attached hydrogens (tertiary/aromatic N) is 1. The van der Waals surface area contributed by atoms with Crippen LogP contribution in [0.2, 0.25) is 5.02 Å². The average Bonchev–Trinajstić information content (AvgIpc) is 3.05. The van der Waals surface area contributed by atoms with E-state index in [-0.39, 0.29) is 15.8 Å². The van der Waals surface area contributed by atoms with Crippen LogP contribution in [0.1, 0.15) is 6.42 Å². The van der Waals surface area contributed by atoms with Crippen molar-refractivity contribution in [2.45, 2.75) is 23.4 Å². The summed E-state index contributed by atoms with van der Waals surface area (Å²) in [5.74, 6) is 0.282. The number of carbonyl (C=O) groups is 1. The fourth-order valence-electron chi connectivity index (χ4n) is 3.58. The molecule has 2 aromatic carbocycles. The first-order valence-electron chi connectivity index (χ1n) is 8.41. The predicted molar refractivity (Wildman–Crippen MR) is 103 cm³/mol. The van der Waals surface area contributed by atoms with Crippen LogP contribution in [0.5, 0.6) is 5.75 Å². The quantitative estimate of drug-likeness (QED) is 0.811. The number of hydrogen-bond donors (Lipinski definition) is 2. The van der Waals surface area contributed by atoms with E-state index in [1.165, 1.54) is 25.3 Å². The molecule has 0 unspecified atom stereocenters. The van der Waals surface area contributed by atoms with Crippen LogP contribution in [0.4, 0.5) is 11.4 Å². The van der Waals surface area contributed by atoms with Crippen LogP contribution in [0, 0.1) is 0 Å². The van der Waals surface area contributed by atoms with E-state index in [0.717, 1.165) is 11.4 Å². The fraction of sp³-hybridized carbons (Fsp3) is 0.278. The molecule has 1 saturated heterocycles. The van der Waals surface area contributed by atoms with Gasteiger partial charge in [-0.3, -0.25) is 4.79 Å². The molecule has 7 nitrogen and oxygen atoms in total. The molecular weight excluding hydrogens is 390 g/mol. The SMILES string of the molecule is COc1ccc(S(=O)(=O)N[C@@H]2C[C@H]3C(=O)Nc4ccccc4N3C2)cc1Cl. The van der Waals surface area contributed by atoms with Crippen molar-refractivity contribution in [3.05, 3.63) is 47.5 Å². The number of nitrogens with one attached hydrogen (secondary N) is 2. The molecule has 0 saturated carbocycles. The summed E-state index contributed by atoms with van der Waals surface area (Å²) in [5, 5.41) is 3.10. The minimum Gasteiger partial charge on any atom is -0.495 e. The number of fused-ring (bicyclic) bond motifs is 3. The number of anilines is 2. The van der Waals surface area contributed by atoms with Crippen LogP contribution >= 0.6 is 11.6 Å². The first kappa shape index (κ1) is 18.1. The third-order valence-electron chi connectivity index (χ3n) is 4.83. The smallest absolute Gasteiger partial charge is 0.247 e. The van der Waals surface area contributed by atoms with Crippen molar-refractivity contribution in [1.29, 1.82) is 0 Å². The normalized spacial score (nSPS) is 21.4. The molecule has 0 aromatic heterocycles. The lowest BCUT2D eigenvalue weighted by atomic mass is 10.1. The van der Waals surface area contributed by atoms with E-state index in [9.17, 15) is 13.2 Å². The summed E-state index contributed by atoms with van der Waals surface area (Å²) in [4.78, 5) is 14.4. The zero-order valence-electron chi connectivity index (χ0n) is 14.5. The molecule has 2 heterocycles. The lowest BCUT2D eigenvalue weighted by Gasteiger charge is -2.32. The molecule has 0 aliphatic carbocycles. The lowest BCUT2D eigenvalue weighted by molar-refractivity contribution is -0.117. The van der Waals surface area contributed by atoms with E-state index in [2.05, 4.69) is 10.0 Å². The highest BCUT2D eigenvalue weighted by atomic mass is 35.5. The molecule has 142 valence electrons. The third-order valence-corrected chi connectivity index (χ3v) is 6.64. The zero-order valence-corrected chi connectivity index (χ0v) is 16.0. The number of amides is 1. The van der Waals surface area contributed by atoms with E-state index in [0.29, 0.717) is 18.7 Å². The highest BCUT2D eigenvalue weighted by Crippen LogP contribution is 2.36. The van der Waals surface area contributed by atoms with Crippen molar-refractivity contribution in [3.63, 3.8) is 0 Å². The van der Waals surface area contributed by atoms with Gasteiger partial charge in [-0.1, -0.05) is 23.7 Å². The first-order chi connectivity index (χ1) is 12.9. The minimum absolute atomic E-state index is 0.0584. The summed E-state index contributed by atoms with van der Waals surface area (Å²) in [6.45, 7) is 0.415. The van der Waals surface area contributed by atoms with Crippen molar-refractivity contribution in [1.82, 2.24) is 4.72 Å². The van der Waals surface area contributed by atoms with Gasteiger partial charge in [-0.2, -0.15) is 0 Å². The van der Waals surface area contributed by atoms with Crippen molar-refractivity contribution < 1.29 is 17.9 Å². The van der Waals surface area contributed by atoms with Gasteiger partial charge in [0.2, 0.25) is 15.9 Å². The second-order valence-corrected chi connectivity index (χ2v) is 8.65. The summed E-state index contributed by atoms with van der Waals surface area (Å²) in [6.07, 6.45) is 0.392. The molecule has 1 amide bonds. The third kappa shape index (κ3) is 3.24. The molecule has 2 N–H and O–H groups in total. The Hall–Kier alpha value is -2.29. The van der Waals surface area contributed by atoms with Crippen molar-refractivity contribution >= 4 is 38.9 Å². The molecule has 1 fully saturated rings. The highest BCUT2D eigenvalue weighted by molar-refractivity contribution is 7.89. The van der Waals surface area contributed by atoms with Crippen LogP contribution in [0.3, 0.4) is 0 Å². The molecule has 2 aromatic rings. The molecular formula is C18H18ClN3O4S. The van der Waals surface area contributed by atoms with E-state index in [1.807, 2.05) is 29.2 Å². The molecule has 9 heteroatoms. The standard InChI is InChI=1S/C18H18ClN3O4S/c1-26-17-7-6-12(9-13(17)19)27(24,25)21-11-8-16-18(23)20-14-4-2-3-5-15(14)22(16)10-11/h2-7,9,11,16,21H,8,10H2,1H3,(H,20,23)/t11-,16+/m1/s1. The minimum atomic E-state index is -3.78. The van der Waals surface area contributed by atoms with Crippen LogP contribution in [0.15, 0.2) is 47.4 Å². The number of benzene rings is 2. The topological polar surface area (TPSA) is 87.7 Å². The Kier molecular flexibility index (Phi) is 4.49. The van der Waals surface area contributed by atoms with Crippen molar-refractivity contribution in [3.8, 4) is 5.75 Å². The van der Waals surface area contributed by atoms with Crippen LogP contribution in [-0.4, -0.2) is 40.1 Å². The summed E-state index contributed by atoms with van der Waals surface area (Å²) >= 11 is 6.05. The van der Waals surface area contributed by atoms with E-state index < -0.39 is 22.1 Å². The number of methoxy groups -OCH3 is 1. The summed E-state index contributed by atoms with van der Waals surface area (Å²) in [5.41, 5.74) is 1.64. The monoisotopic (exact) mass is 407 g/mol. The summed E-state index contributed by atoms with van der Waals surface area (Å²) in [6, 6.07) is 11.0. The molecule has 0 bridgehead atoms. The molecule has 2 atom stereocenters. The van der Waals surface area contributed by atoms with Gasteiger partial charge in [0.15, 0.2) is 0 Å². The molecule has 2 aliphatic heterocycles. The maximum Gasteiger partial charge on any atom is 0.247 e. The number of halogens is 1. The maximum atomic E-state index is 12.7. The number of ether oxygens (including phenoxy) is 1. The number of para-hydroxylation sites is 2. The average molecular weight is 408 g/mol. The molecule has 27 heavy (non-hydrogen) atoms. The number of rotatable bonds is 4. The number of sulfonamides is 1. The van der Waals surface area contributed by atoms with Gasteiger partial charge in [0.1, 0.15) is 11.8 Å². The Labute approximate surface area is 162 Å². The van der Waals surface area contributed by atoms with E-state index >= 15 is 0 Å². The lowest BCUT2D eigenvalue weighted by Crippen LogP contribution is -2.44. The molecule has 0 radical (unpaired) electrons. The van der Waals surface area contributed by atoms with Crippen molar-refractivity contribution in [2.24, 2.45) is 0 Å². The predicted octanol–water partition coefficient (Wildman–Crippen LogP) is 2.23. The molecule has 4 rings (SSSR count). The Morgan fingerprint density at radius 1 is 1.26 bits per heavy atom. The Morgan fingerprint density at radius 3 is 2.78 bits per heavy atom. The highest BCUT2D eigenvalue weighted by Gasteiger charge is 2.42. The first-order valence-corrected chi connectivity index (χ1v) is 10.3. The number of carbonyl (C=O) groups excluding carboxylic acids is 1. The Bertz CT molecular complexity index is 1010. The second-order valence-electron chi connectivity index (χ2n) is 6.52. The van der Waals surface area contributed by atoms with Gasteiger partial charge in [0, 0.05) is 12.6 Å². The van der Waals surface area contributed by atoms with Crippen LogP contribution in [-0.2, 0) is 14.8 Å². The van der Waals surface area contributed by atoms with Crippen LogP contribution in [0.25, 0.3) is 0 Å². The molecule has 2 aliphatic rings. The van der Waals surface area contributed by atoms with Gasteiger partial charge < -0.3 is 15.0 Å². The van der Waals surface area contributed by atoms with Gasteiger partial charge in [-0.25, -0.2) is 13.1 Å². The van der Waals surface area contributed by atoms with Crippen LogP contribution < -0.4 is 19.7 Å². The van der Waals surface area contributed by atoms with Gasteiger partial charge in [0.25, 0.3) is 0 Å². The van der Waals surface area contributed by atoms with Gasteiger partial charge >= 0.3 is 0 Å². The Balaban J connectivity index is 1.56. The van der Waals surface area contributed by atoms with Crippen molar-refractivity contribution in [2.75, 3.05) is 23.9 Å². The van der Waals surface area contributed by atoms with Gasteiger partial charge in [0.05, 0.1) is 28.4 Å².